The second-order valence-electron chi connectivity index (χ2n) is 7.57. The molecule has 0 radical (unpaired) electrons. The number of hydrogen-bond acceptors (Lipinski definition) is 0. The van der Waals surface area contributed by atoms with E-state index in [2.05, 4.69) is 34.3 Å². The van der Waals surface area contributed by atoms with Crippen molar-refractivity contribution < 1.29 is 0 Å². The van der Waals surface area contributed by atoms with Crippen molar-refractivity contribution in [1.29, 1.82) is 0 Å². The standard InChI is InChI=1S/C19H36/c1-15(2)7-6-8-17(5)9-10-18-11-13-19(14-12-18)16(3)4/h15,17-19H,3,6-14H2,1-2,4-5H3. The predicted octanol–water partition coefficient (Wildman–Crippen LogP) is 6.61. The van der Waals surface area contributed by atoms with Gasteiger partial charge in [0.15, 0.2) is 0 Å². The molecule has 0 heterocycles. The van der Waals surface area contributed by atoms with Crippen LogP contribution in [0.3, 0.4) is 0 Å². The van der Waals surface area contributed by atoms with Crippen molar-refractivity contribution in [3.05, 3.63) is 12.2 Å². The molecule has 0 spiro atoms. The molecule has 0 heteroatoms. The summed E-state index contributed by atoms with van der Waals surface area (Å²) in [5, 5.41) is 0. The molecule has 0 amide bonds. The molecular weight excluding hydrogens is 228 g/mol. The lowest BCUT2D eigenvalue weighted by Crippen LogP contribution is -2.15. The number of hydrogen-bond donors (Lipinski definition) is 0. The molecule has 1 rings (SSSR count). The summed E-state index contributed by atoms with van der Waals surface area (Å²) >= 11 is 0. The molecule has 1 saturated carbocycles. The maximum Gasteiger partial charge on any atom is -0.0208 e. The normalized spacial score (nSPS) is 25.5. The largest absolute Gasteiger partial charge is 0.0999 e. The molecule has 1 aliphatic carbocycles. The molecule has 0 aromatic rings. The number of allylic oxidation sites excluding steroid dienone is 1. The first kappa shape index (κ1) is 16.8. The average molecular weight is 264 g/mol. The van der Waals surface area contributed by atoms with E-state index in [1.807, 2.05) is 0 Å². The van der Waals surface area contributed by atoms with E-state index in [-0.39, 0.29) is 0 Å². The van der Waals surface area contributed by atoms with Crippen molar-refractivity contribution in [3.8, 4) is 0 Å². The zero-order valence-electron chi connectivity index (χ0n) is 13.9. The van der Waals surface area contributed by atoms with E-state index in [0.29, 0.717) is 0 Å². The zero-order chi connectivity index (χ0) is 14.3. The molecule has 1 fully saturated rings. The van der Waals surface area contributed by atoms with Crippen LogP contribution < -0.4 is 0 Å². The molecule has 0 N–H and O–H groups in total. The molecule has 0 aromatic carbocycles. The maximum absolute atomic E-state index is 4.13. The third kappa shape index (κ3) is 7.18. The van der Waals surface area contributed by atoms with Gasteiger partial charge >= 0.3 is 0 Å². The first-order chi connectivity index (χ1) is 8.99. The first-order valence-electron chi connectivity index (χ1n) is 8.64. The van der Waals surface area contributed by atoms with Crippen LogP contribution >= 0.6 is 0 Å². The second-order valence-corrected chi connectivity index (χ2v) is 7.57. The Morgan fingerprint density at radius 1 is 1.00 bits per heavy atom. The van der Waals surface area contributed by atoms with Gasteiger partial charge in [0.2, 0.25) is 0 Å². The molecule has 0 aromatic heterocycles. The molecule has 1 atom stereocenters. The molecule has 1 unspecified atom stereocenters. The monoisotopic (exact) mass is 264 g/mol. The van der Waals surface area contributed by atoms with Crippen LogP contribution in [-0.4, -0.2) is 0 Å². The lowest BCUT2D eigenvalue weighted by Gasteiger charge is -2.29. The van der Waals surface area contributed by atoms with Gasteiger partial charge in [0.25, 0.3) is 0 Å². The van der Waals surface area contributed by atoms with Crippen LogP contribution in [0.1, 0.15) is 85.5 Å². The highest BCUT2D eigenvalue weighted by Crippen LogP contribution is 2.35. The molecule has 0 nitrogen and oxygen atoms in total. The maximum atomic E-state index is 4.13. The smallest absolute Gasteiger partial charge is 0.0208 e. The van der Waals surface area contributed by atoms with Crippen molar-refractivity contribution in [2.24, 2.45) is 23.7 Å². The van der Waals surface area contributed by atoms with E-state index in [1.54, 1.807) is 0 Å². The Morgan fingerprint density at radius 3 is 2.16 bits per heavy atom. The van der Waals surface area contributed by atoms with Crippen LogP contribution in [0.2, 0.25) is 0 Å². The van der Waals surface area contributed by atoms with Crippen molar-refractivity contribution >= 4 is 0 Å². The quantitative estimate of drug-likeness (QED) is 0.433. The van der Waals surface area contributed by atoms with E-state index in [4.69, 9.17) is 0 Å². The van der Waals surface area contributed by atoms with E-state index in [0.717, 1.165) is 23.7 Å². The van der Waals surface area contributed by atoms with Gasteiger partial charge in [0.1, 0.15) is 0 Å². The summed E-state index contributed by atoms with van der Waals surface area (Å²) in [5.41, 5.74) is 1.42. The molecule has 0 aliphatic heterocycles. The Labute approximate surface area is 122 Å². The summed E-state index contributed by atoms with van der Waals surface area (Å²) in [7, 11) is 0. The van der Waals surface area contributed by atoms with Gasteiger partial charge in [0, 0.05) is 0 Å². The summed E-state index contributed by atoms with van der Waals surface area (Å²) in [6.07, 6.45) is 12.9. The Morgan fingerprint density at radius 2 is 1.63 bits per heavy atom. The Bertz CT molecular complexity index is 243. The number of rotatable bonds is 8. The van der Waals surface area contributed by atoms with Crippen molar-refractivity contribution in [3.63, 3.8) is 0 Å². The van der Waals surface area contributed by atoms with Gasteiger partial charge < -0.3 is 0 Å². The van der Waals surface area contributed by atoms with Crippen LogP contribution in [0.4, 0.5) is 0 Å². The summed E-state index contributed by atoms with van der Waals surface area (Å²) in [6.45, 7) is 13.5. The highest BCUT2D eigenvalue weighted by molar-refractivity contribution is 4.97. The van der Waals surface area contributed by atoms with Crippen molar-refractivity contribution in [2.45, 2.75) is 85.5 Å². The van der Waals surface area contributed by atoms with Crippen molar-refractivity contribution in [1.82, 2.24) is 0 Å². The van der Waals surface area contributed by atoms with Crippen LogP contribution in [0.15, 0.2) is 12.2 Å². The Kier molecular flexibility index (Phi) is 7.80. The SMILES string of the molecule is C=C(C)C1CCC(CCC(C)CCCC(C)C)CC1. The molecule has 0 bridgehead atoms. The van der Waals surface area contributed by atoms with Gasteiger partial charge in [-0.1, -0.05) is 65.0 Å². The van der Waals surface area contributed by atoms with E-state index < -0.39 is 0 Å². The fourth-order valence-corrected chi connectivity index (χ4v) is 3.48. The van der Waals surface area contributed by atoms with Gasteiger partial charge in [-0.3, -0.25) is 0 Å². The van der Waals surface area contributed by atoms with Crippen molar-refractivity contribution in [2.75, 3.05) is 0 Å². The average Bonchev–Trinajstić information content (AvgIpc) is 2.36. The van der Waals surface area contributed by atoms with E-state index in [9.17, 15) is 0 Å². The van der Waals surface area contributed by atoms with Crippen LogP contribution in [0, 0.1) is 23.7 Å². The van der Waals surface area contributed by atoms with Gasteiger partial charge in [-0.05, 0) is 56.3 Å². The molecule has 0 saturated heterocycles. The first-order valence-corrected chi connectivity index (χ1v) is 8.64. The minimum absolute atomic E-state index is 0.833. The molecular formula is C19H36. The fraction of sp³-hybridized carbons (Fsp3) is 0.895. The van der Waals surface area contributed by atoms with Crippen LogP contribution in [-0.2, 0) is 0 Å². The van der Waals surface area contributed by atoms with Gasteiger partial charge in [0.05, 0.1) is 0 Å². The minimum atomic E-state index is 0.833. The summed E-state index contributed by atoms with van der Waals surface area (Å²) in [6, 6.07) is 0. The van der Waals surface area contributed by atoms with E-state index >= 15 is 0 Å². The zero-order valence-corrected chi connectivity index (χ0v) is 13.9. The third-order valence-electron chi connectivity index (χ3n) is 5.09. The third-order valence-corrected chi connectivity index (χ3v) is 5.09. The second kappa shape index (κ2) is 8.82. The predicted molar refractivity (Wildman–Crippen MR) is 87.3 cm³/mol. The highest BCUT2D eigenvalue weighted by Gasteiger charge is 2.21. The van der Waals surface area contributed by atoms with Gasteiger partial charge in [-0.25, -0.2) is 0 Å². The fourth-order valence-electron chi connectivity index (χ4n) is 3.48. The Hall–Kier alpha value is -0.260. The highest BCUT2D eigenvalue weighted by atomic mass is 14.3. The van der Waals surface area contributed by atoms with Crippen LogP contribution in [0.25, 0.3) is 0 Å². The molecule has 19 heavy (non-hydrogen) atoms. The summed E-state index contributed by atoms with van der Waals surface area (Å²) in [4.78, 5) is 0. The molecule has 1 aliphatic rings. The lowest BCUT2D eigenvalue weighted by atomic mass is 9.77. The molecule has 112 valence electrons. The van der Waals surface area contributed by atoms with Gasteiger partial charge in [-0.2, -0.15) is 0 Å². The lowest BCUT2D eigenvalue weighted by molar-refractivity contribution is 0.268. The van der Waals surface area contributed by atoms with E-state index in [1.165, 1.54) is 63.4 Å². The Balaban J connectivity index is 2.08. The topological polar surface area (TPSA) is 0 Å². The minimum Gasteiger partial charge on any atom is -0.0999 e. The van der Waals surface area contributed by atoms with Gasteiger partial charge in [-0.15, -0.1) is 0 Å². The van der Waals surface area contributed by atoms with Crippen LogP contribution in [0.5, 0.6) is 0 Å². The summed E-state index contributed by atoms with van der Waals surface area (Å²) < 4.78 is 0. The summed E-state index contributed by atoms with van der Waals surface area (Å²) in [5.74, 6) is 3.67.